The summed E-state index contributed by atoms with van der Waals surface area (Å²) in [7, 11) is 3.50. The quantitative estimate of drug-likeness (QED) is 0.634. The van der Waals surface area contributed by atoms with E-state index in [1.165, 1.54) is 11.9 Å². The smallest absolute Gasteiger partial charge is 0.324 e. The van der Waals surface area contributed by atoms with Crippen molar-refractivity contribution in [3.05, 3.63) is 16.9 Å². The van der Waals surface area contributed by atoms with Crippen LogP contribution in [0.25, 0.3) is 0 Å². The van der Waals surface area contributed by atoms with Crippen LogP contribution < -0.4 is 14.9 Å². The van der Waals surface area contributed by atoms with Gasteiger partial charge in [0, 0.05) is 26.4 Å². The Morgan fingerprint density at radius 3 is 2.94 bits per heavy atom. The van der Waals surface area contributed by atoms with Crippen LogP contribution in [-0.2, 0) is 0 Å². The van der Waals surface area contributed by atoms with Crippen molar-refractivity contribution < 1.29 is 4.79 Å². The molecule has 100 valence electrons. The maximum absolute atomic E-state index is 10.9. The van der Waals surface area contributed by atoms with Gasteiger partial charge >= 0.3 is 6.03 Å². The van der Waals surface area contributed by atoms with Gasteiger partial charge in [0.2, 0.25) is 0 Å². The maximum Gasteiger partial charge on any atom is 0.324 e. The van der Waals surface area contributed by atoms with E-state index in [-0.39, 0.29) is 6.03 Å². The van der Waals surface area contributed by atoms with E-state index in [1.54, 1.807) is 7.05 Å². The molecule has 18 heavy (non-hydrogen) atoms. The van der Waals surface area contributed by atoms with Gasteiger partial charge in [-0.3, -0.25) is 4.72 Å². The molecule has 0 atom stereocenters. The summed E-state index contributed by atoms with van der Waals surface area (Å²) in [5.74, 6) is 0.738. The van der Waals surface area contributed by atoms with E-state index >= 15 is 0 Å². The molecular formula is C10H16ClN5OS. The molecular weight excluding hydrogens is 274 g/mol. The summed E-state index contributed by atoms with van der Waals surface area (Å²) in [4.78, 5) is 12.9. The van der Waals surface area contributed by atoms with Crippen LogP contribution in [0.4, 0.5) is 10.5 Å². The third kappa shape index (κ3) is 4.58. The largest absolute Gasteiger partial charge is 0.371 e. The minimum absolute atomic E-state index is 0.206. The highest BCUT2D eigenvalue weighted by atomic mass is 35.5. The molecule has 0 aliphatic carbocycles. The first kappa shape index (κ1) is 14.8. The van der Waals surface area contributed by atoms with Crippen molar-refractivity contribution in [2.75, 3.05) is 31.3 Å². The highest BCUT2D eigenvalue weighted by Gasteiger charge is 2.08. The van der Waals surface area contributed by atoms with Gasteiger partial charge in [0.15, 0.2) is 5.15 Å². The van der Waals surface area contributed by atoms with E-state index in [9.17, 15) is 4.79 Å². The third-order valence-electron chi connectivity index (χ3n) is 2.18. The molecule has 8 heteroatoms. The SMILES string of the molecule is CNC(=O)NSCCN(C)c1cc(C)nnc1Cl. The molecule has 0 bridgehead atoms. The summed E-state index contributed by atoms with van der Waals surface area (Å²) >= 11 is 7.31. The zero-order valence-corrected chi connectivity index (χ0v) is 12.1. The summed E-state index contributed by atoms with van der Waals surface area (Å²) < 4.78 is 2.64. The normalized spacial score (nSPS) is 10.0. The second-order valence-corrected chi connectivity index (χ2v) is 4.87. The Hall–Kier alpha value is -1.21. The van der Waals surface area contributed by atoms with Gasteiger partial charge in [-0.2, -0.15) is 5.10 Å². The molecule has 2 amide bonds. The van der Waals surface area contributed by atoms with Crippen molar-refractivity contribution in [1.29, 1.82) is 0 Å². The van der Waals surface area contributed by atoms with Gasteiger partial charge in [-0.15, -0.1) is 5.10 Å². The van der Waals surface area contributed by atoms with Crippen molar-refractivity contribution in [3.8, 4) is 0 Å². The molecule has 0 spiro atoms. The molecule has 0 fully saturated rings. The number of carbonyl (C=O) groups excluding carboxylic acids is 1. The molecule has 0 radical (unpaired) electrons. The maximum atomic E-state index is 10.9. The third-order valence-corrected chi connectivity index (χ3v) is 3.17. The zero-order valence-electron chi connectivity index (χ0n) is 10.5. The lowest BCUT2D eigenvalue weighted by molar-refractivity contribution is 0.248. The number of anilines is 1. The number of halogens is 1. The van der Waals surface area contributed by atoms with Crippen LogP contribution in [0.3, 0.4) is 0 Å². The minimum Gasteiger partial charge on any atom is -0.371 e. The number of aromatic nitrogens is 2. The van der Waals surface area contributed by atoms with E-state index in [2.05, 4.69) is 20.2 Å². The topological polar surface area (TPSA) is 70.2 Å². The number of nitrogens with one attached hydrogen (secondary N) is 2. The Morgan fingerprint density at radius 1 is 1.56 bits per heavy atom. The second kappa shape index (κ2) is 7.27. The molecule has 0 aliphatic rings. The zero-order chi connectivity index (χ0) is 13.5. The number of carbonyl (C=O) groups is 1. The van der Waals surface area contributed by atoms with Crippen molar-refractivity contribution >= 4 is 35.3 Å². The van der Waals surface area contributed by atoms with Crippen LogP contribution in [-0.4, -0.2) is 42.6 Å². The summed E-state index contributed by atoms with van der Waals surface area (Å²) in [5.41, 5.74) is 1.65. The van der Waals surface area contributed by atoms with Crippen LogP contribution in [0.5, 0.6) is 0 Å². The van der Waals surface area contributed by atoms with E-state index in [0.717, 1.165) is 23.7 Å². The second-order valence-electron chi connectivity index (χ2n) is 3.61. The first-order valence-electron chi connectivity index (χ1n) is 5.35. The first-order chi connectivity index (χ1) is 8.54. The number of aryl methyl sites for hydroxylation is 1. The van der Waals surface area contributed by atoms with Gasteiger partial charge < -0.3 is 10.2 Å². The van der Waals surface area contributed by atoms with Crippen molar-refractivity contribution in [3.63, 3.8) is 0 Å². The number of hydrogen-bond acceptors (Lipinski definition) is 5. The average Bonchev–Trinajstić information content (AvgIpc) is 2.36. The van der Waals surface area contributed by atoms with Gasteiger partial charge in [0.05, 0.1) is 11.4 Å². The number of nitrogens with zero attached hydrogens (tertiary/aromatic N) is 3. The lowest BCUT2D eigenvalue weighted by Crippen LogP contribution is -2.29. The highest BCUT2D eigenvalue weighted by Crippen LogP contribution is 2.22. The van der Waals surface area contributed by atoms with Crippen LogP contribution in [0.15, 0.2) is 6.07 Å². The molecule has 1 heterocycles. The predicted octanol–water partition coefficient (Wildman–Crippen LogP) is 1.45. The molecule has 0 saturated heterocycles. The molecule has 2 N–H and O–H groups in total. The highest BCUT2D eigenvalue weighted by molar-refractivity contribution is 7.97. The van der Waals surface area contributed by atoms with Gasteiger partial charge in [0.25, 0.3) is 0 Å². The Bertz CT molecular complexity index is 417. The van der Waals surface area contributed by atoms with Gasteiger partial charge in [-0.25, -0.2) is 4.79 Å². The summed E-state index contributed by atoms with van der Waals surface area (Å²) in [5, 5.41) is 10.6. The Balaban J connectivity index is 2.43. The number of urea groups is 1. The predicted molar refractivity (Wildman–Crippen MR) is 75.1 cm³/mol. The summed E-state index contributed by atoms with van der Waals surface area (Å²) in [6.07, 6.45) is 0. The van der Waals surface area contributed by atoms with Gasteiger partial charge in [0.1, 0.15) is 0 Å². The molecule has 0 saturated carbocycles. The van der Waals surface area contributed by atoms with Crippen LogP contribution in [0.2, 0.25) is 5.15 Å². The van der Waals surface area contributed by atoms with Crippen molar-refractivity contribution in [2.45, 2.75) is 6.92 Å². The molecule has 0 aromatic carbocycles. The lowest BCUT2D eigenvalue weighted by atomic mass is 10.3. The Labute approximate surface area is 116 Å². The molecule has 1 aromatic rings. The van der Waals surface area contributed by atoms with Crippen molar-refractivity contribution in [1.82, 2.24) is 20.2 Å². The lowest BCUT2D eigenvalue weighted by Gasteiger charge is -2.19. The van der Waals surface area contributed by atoms with Crippen molar-refractivity contribution in [2.24, 2.45) is 0 Å². The Morgan fingerprint density at radius 2 is 2.28 bits per heavy atom. The molecule has 0 unspecified atom stereocenters. The molecule has 1 rings (SSSR count). The number of amides is 2. The standard InChI is InChI=1S/C10H16ClN5OS/c1-7-6-8(9(11)14-13-7)16(3)4-5-18-15-10(17)12-2/h6H,4-5H2,1-3H3,(H2,12,15,17). The molecule has 0 aliphatic heterocycles. The number of hydrogen-bond donors (Lipinski definition) is 2. The fourth-order valence-corrected chi connectivity index (χ4v) is 2.14. The van der Waals surface area contributed by atoms with Crippen LogP contribution >= 0.6 is 23.5 Å². The van der Waals surface area contributed by atoms with Crippen LogP contribution in [0, 0.1) is 6.92 Å². The monoisotopic (exact) mass is 289 g/mol. The van der Waals surface area contributed by atoms with E-state index in [0.29, 0.717) is 5.15 Å². The van der Waals surface area contributed by atoms with Gasteiger partial charge in [-0.05, 0) is 24.9 Å². The molecule has 6 nitrogen and oxygen atoms in total. The first-order valence-corrected chi connectivity index (χ1v) is 6.71. The van der Waals surface area contributed by atoms with E-state index in [1.807, 2.05) is 24.9 Å². The van der Waals surface area contributed by atoms with Gasteiger partial charge in [-0.1, -0.05) is 11.6 Å². The average molecular weight is 290 g/mol. The van der Waals surface area contributed by atoms with E-state index < -0.39 is 0 Å². The Kier molecular flexibility index (Phi) is 6.00. The summed E-state index contributed by atoms with van der Waals surface area (Å²) in [6.45, 7) is 2.60. The summed E-state index contributed by atoms with van der Waals surface area (Å²) in [6, 6.07) is 1.67. The molecule has 1 aromatic heterocycles. The fraction of sp³-hybridized carbons (Fsp3) is 0.500. The number of rotatable bonds is 5. The van der Waals surface area contributed by atoms with Crippen LogP contribution in [0.1, 0.15) is 5.69 Å². The fourth-order valence-electron chi connectivity index (χ4n) is 1.20. The van der Waals surface area contributed by atoms with E-state index in [4.69, 9.17) is 11.6 Å². The minimum atomic E-state index is -0.206.